The summed E-state index contributed by atoms with van der Waals surface area (Å²) in [5.41, 5.74) is 1.08. The SMILES string of the molecule is COc1ccc(Cl)cc1CNC(C)C1CCCO1. The van der Waals surface area contributed by atoms with Gasteiger partial charge in [-0.2, -0.15) is 0 Å². The summed E-state index contributed by atoms with van der Waals surface area (Å²) in [5.74, 6) is 0.867. The summed E-state index contributed by atoms with van der Waals surface area (Å²) in [6.45, 7) is 3.79. The molecule has 1 heterocycles. The Morgan fingerprint density at radius 3 is 3.06 bits per heavy atom. The van der Waals surface area contributed by atoms with E-state index in [2.05, 4.69) is 12.2 Å². The lowest BCUT2D eigenvalue weighted by Crippen LogP contribution is -2.36. The average Bonchev–Trinajstić information content (AvgIpc) is 2.90. The Hall–Kier alpha value is -0.770. The first kappa shape index (κ1) is 13.7. The summed E-state index contributed by atoms with van der Waals surface area (Å²) < 4.78 is 11.0. The van der Waals surface area contributed by atoms with E-state index in [-0.39, 0.29) is 0 Å². The van der Waals surface area contributed by atoms with Gasteiger partial charge in [0.05, 0.1) is 13.2 Å². The molecule has 2 rings (SSSR count). The minimum atomic E-state index is 0.329. The third kappa shape index (κ3) is 3.37. The van der Waals surface area contributed by atoms with Gasteiger partial charge >= 0.3 is 0 Å². The van der Waals surface area contributed by atoms with Crippen LogP contribution >= 0.6 is 11.6 Å². The maximum atomic E-state index is 6.01. The summed E-state index contributed by atoms with van der Waals surface area (Å²) in [6, 6.07) is 6.02. The molecular weight excluding hydrogens is 250 g/mol. The molecular formula is C14H20ClNO2. The van der Waals surface area contributed by atoms with Crippen molar-refractivity contribution in [1.82, 2.24) is 5.32 Å². The van der Waals surface area contributed by atoms with Crippen LogP contribution in [0.2, 0.25) is 5.02 Å². The third-order valence-electron chi connectivity index (χ3n) is 3.38. The van der Waals surface area contributed by atoms with Crippen LogP contribution in [0.15, 0.2) is 18.2 Å². The number of methoxy groups -OCH3 is 1. The van der Waals surface area contributed by atoms with Crippen LogP contribution in [0.1, 0.15) is 25.3 Å². The first-order valence-corrected chi connectivity index (χ1v) is 6.76. The summed E-state index contributed by atoms with van der Waals surface area (Å²) in [4.78, 5) is 0. The zero-order valence-corrected chi connectivity index (χ0v) is 11.7. The van der Waals surface area contributed by atoms with Gasteiger partial charge in [-0.25, -0.2) is 0 Å². The predicted octanol–water partition coefficient (Wildman–Crippen LogP) is 3.01. The molecule has 0 saturated carbocycles. The van der Waals surface area contributed by atoms with Crippen molar-refractivity contribution in [1.29, 1.82) is 0 Å². The van der Waals surface area contributed by atoms with E-state index < -0.39 is 0 Å². The van der Waals surface area contributed by atoms with E-state index in [4.69, 9.17) is 21.1 Å². The predicted molar refractivity (Wildman–Crippen MR) is 73.3 cm³/mol. The molecule has 2 atom stereocenters. The van der Waals surface area contributed by atoms with Crippen molar-refractivity contribution in [2.24, 2.45) is 0 Å². The highest BCUT2D eigenvalue weighted by Crippen LogP contribution is 2.23. The van der Waals surface area contributed by atoms with E-state index in [0.29, 0.717) is 12.1 Å². The van der Waals surface area contributed by atoms with Gasteiger partial charge in [0, 0.05) is 29.8 Å². The summed E-state index contributed by atoms with van der Waals surface area (Å²) in [6.07, 6.45) is 2.63. The maximum Gasteiger partial charge on any atom is 0.123 e. The highest BCUT2D eigenvalue weighted by atomic mass is 35.5. The monoisotopic (exact) mass is 269 g/mol. The molecule has 2 unspecified atom stereocenters. The quantitative estimate of drug-likeness (QED) is 0.891. The molecule has 4 heteroatoms. The molecule has 0 aromatic heterocycles. The van der Waals surface area contributed by atoms with Gasteiger partial charge in [0.15, 0.2) is 0 Å². The van der Waals surface area contributed by atoms with Gasteiger partial charge in [0.1, 0.15) is 5.75 Å². The number of halogens is 1. The van der Waals surface area contributed by atoms with E-state index in [1.165, 1.54) is 0 Å². The fourth-order valence-electron chi connectivity index (χ4n) is 2.28. The van der Waals surface area contributed by atoms with Crippen LogP contribution in [0.4, 0.5) is 0 Å². The van der Waals surface area contributed by atoms with Crippen LogP contribution in [0.25, 0.3) is 0 Å². The molecule has 100 valence electrons. The fraction of sp³-hybridized carbons (Fsp3) is 0.571. The van der Waals surface area contributed by atoms with Crippen LogP contribution < -0.4 is 10.1 Å². The minimum Gasteiger partial charge on any atom is -0.496 e. The molecule has 0 aliphatic carbocycles. The van der Waals surface area contributed by atoms with Crippen molar-refractivity contribution in [2.75, 3.05) is 13.7 Å². The molecule has 1 aromatic rings. The largest absolute Gasteiger partial charge is 0.496 e. The molecule has 1 aliphatic rings. The Kier molecular flexibility index (Phi) is 4.87. The van der Waals surface area contributed by atoms with E-state index in [1.807, 2.05) is 18.2 Å². The highest BCUT2D eigenvalue weighted by molar-refractivity contribution is 6.30. The smallest absolute Gasteiger partial charge is 0.123 e. The molecule has 1 fully saturated rings. The van der Waals surface area contributed by atoms with Crippen molar-refractivity contribution in [3.8, 4) is 5.75 Å². The molecule has 1 N–H and O–H groups in total. The first-order valence-electron chi connectivity index (χ1n) is 6.38. The van der Waals surface area contributed by atoms with E-state index in [0.717, 1.165) is 42.3 Å². The van der Waals surface area contributed by atoms with E-state index in [9.17, 15) is 0 Å². The van der Waals surface area contributed by atoms with Gasteiger partial charge in [-0.3, -0.25) is 0 Å². The van der Waals surface area contributed by atoms with Crippen LogP contribution in [-0.2, 0) is 11.3 Å². The number of ether oxygens (including phenoxy) is 2. The topological polar surface area (TPSA) is 30.5 Å². The Labute approximate surface area is 113 Å². The van der Waals surface area contributed by atoms with Gasteiger partial charge in [0.25, 0.3) is 0 Å². The molecule has 1 aromatic carbocycles. The lowest BCUT2D eigenvalue weighted by molar-refractivity contribution is 0.0831. The standard InChI is InChI=1S/C14H20ClNO2/c1-10(13-4-3-7-18-13)16-9-11-8-12(15)5-6-14(11)17-2/h5-6,8,10,13,16H,3-4,7,9H2,1-2H3. The van der Waals surface area contributed by atoms with Gasteiger partial charge in [-0.1, -0.05) is 11.6 Å². The number of hydrogen-bond donors (Lipinski definition) is 1. The van der Waals surface area contributed by atoms with Crippen molar-refractivity contribution in [3.05, 3.63) is 28.8 Å². The second kappa shape index (κ2) is 6.41. The highest BCUT2D eigenvalue weighted by Gasteiger charge is 2.22. The Bertz CT molecular complexity index is 391. The maximum absolute atomic E-state index is 6.01. The van der Waals surface area contributed by atoms with Crippen LogP contribution in [0.5, 0.6) is 5.75 Å². The molecule has 0 bridgehead atoms. The average molecular weight is 270 g/mol. The van der Waals surface area contributed by atoms with E-state index in [1.54, 1.807) is 7.11 Å². The normalized spacial score (nSPS) is 20.9. The van der Waals surface area contributed by atoms with Crippen molar-refractivity contribution < 1.29 is 9.47 Å². The third-order valence-corrected chi connectivity index (χ3v) is 3.61. The molecule has 18 heavy (non-hydrogen) atoms. The number of nitrogens with one attached hydrogen (secondary N) is 1. The minimum absolute atomic E-state index is 0.329. The molecule has 1 aliphatic heterocycles. The van der Waals surface area contributed by atoms with Gasteiger partial charge in [0.2, 0.25) is 0 Å². The van der Waals surface area contributed by atoms with Crippen LogP contribution in [0.3, 0.4) is 0 Å². The molecule has 0 amide bonds. The number of benzene rings is 1. The summed E-state index contributed by atoms with van der Waals surface area (Å²) in [5, 5.41) is 4.21. The van der Waals surface area contributed by atoms with Crippen molar-refractivity contribution in [2.45, 2.75) is 38.5 Å². The molecule has 0 radical (unpaired) electrons. The molecule has 0 spiro atoms. The number of rotatable bonds is 5. The van der Waals surface area contributed by atoms with Crippen LogP contribution in [-0.4, -0.2) is 25.9 Å². The van der Waals surface area contributed by atoms with Gasteiger partial charge in [-0.15, -0.1) is 0 Å². The second-order valence-corrected chi connectivity index (χ2v) is 5.11. The lowest BCUT2D eigenvalue weighted by atomic mass is 10.1. The fourth-order valence-corrected chi connectivity index (χ4v) is 2.48. The van der Waals surface area contributed by atoms with Crippen molar-refractivity contribution >= 4 is 11.6 Å². The number of hydrogen-bond acceptors (Lipinski definition) is 3. The Morgan fingerprint density at radius 1 is 1.56 bits per heavy atom. The summed E-state index contributed by atoms with van der Waals surface area (Å²) in [7, 11) is 1.68. The van der Waals surface area contributed by atoms with Gasteiger partial charge < -0.3 is 14.8 Å². The zero-order valence-electron chi connectivity index (χ0n) is 10.9. The Morgan fingerprint density at radius 2 is 2.39 bits per heavy atom. The zero-order chi connectivity index (χ0) is 13.0. The molecule has 1 saturated heterocycles. The summed E-state index contributed by atoms with van der Waals surface area (Å²) >= 11 is 6.01. The first-order chi connectivity index (χ1) is 8.70. The second-order valence-electron chi connectivity index (χ2n) is 4.68. The molecule has 3 nitrogen and oxygen atoms in total. The lowest BCUT2D eigenvalue weighted by Gasteiger charge is -2.20. The van der Waals surface area contributed by atoms with Crippen molar-refractivity contribution in [3.63, 3.8) is 0 Å². The van der Waals surface area contributed by atoms with Crippen LogP contribution in [0, 0.1) is 0 Å². The van der Waals surface area contributed by atoms with E-state index >= 15 is 0 Å². The van der Waals surface area contributed by atoms with Gasteiger partial charge in [-0.05, 0) is 38.0 Å². The Balaban J connectivity index is 1.94.